The molecular formula is C16H23F3N2O. The fourth-order valence-electron chi connectivity index (χ4n) is 3.11. The Balaban J connectivity index is 1.90. The SMILES string of the molecule is OCCN1CC(CC(F)(F)F)CC(NCc2ccccc2)C1. The van der Waals surface area contributed by atoms with E-state index in [1.165, 1.54) is 0 Å². The molecule has 0 radical (unpaired) electrons. The van der Waals surface area contributed by atoms with E-state index in [0.717, 1.165) is 5.56 Å². The van der Waals surface area contributed by atoms with Gasteiger partial charge in [-0.3, -0.25) is 4.90 Å². The quantitative estimate of drug-likeness (QED) is 0.846. The summed E-state index contributed by atoms with van der Waals surface area (Å²) in [7, 11) is 0. The van der Waals surface area contributed by atoms with E-state index in [4.69, 9.17) is 5.11 Å². The van der Waals surface area contributed by atoms with Gasteiger partial charge in [0.15, 0.2) is 0 Å². The molecule has 0 spiro atoms. The molecule has 2 N–H and O–H groups in total. The molecule has 1 aliphatic rings. The lowest BCUT2D eigenvalue weighted by atomic mass is 9.91. The minimum atomic E-state index is -4.13. The molecule has 1 aromatic rings. The van der Waals surface area contributed by atoms with Gasteiger partial charge in [0, 0.05) is 38.6 Å². The molecule has 0 saturated carbocycles. The summed E-state index contributed by atoms with van der Waals surface area (Å²) in [6, 6.07) is 9.84. The number of aliphatic hydroxyl groups excluding tert-OH is 1. The van der Waals surface area contributed by atoms with E-state index in [1.807, 2.05) is 35.2 Å². The van der Waals surface area contributed by atoms with Crippen molar-refractivity contribution >= 4 is 0 Å². The third-order valence-corrected chi connectivity index (χ3v) is 3.99. The van der Waals surface area contributed by atoms with Crippen LogP contribution in [0.5, 0.6) is 0 Å². The van der Waals surface area contributed by atoms with Gasteiger partial charge in [-0.25, -0.2) is 0 Å². The first-order chi connectivity index (χ1) is 10.5. The number of β-amino-alcohol motifs (C(OH)–C–C–N with tert-alkyl or cyclic N) is 1. The van der Waals surface area contributed by atoms with Crippen molar-refractivity contribution in [2.45, 2.75) is 31.6 Å². The molecule has 1 saturated heterocycles. The van der Waals surface area contributed by atoms with E-state index in [9.17, 15) is 13.2 Å². The highest BCUT2D eigenvalue weighted by Gasteiger charge is 2.36. The predicted molar refractivity (Wildman–Crippen MR) is 79.4 cm³/mol. The Bertz CT molecular complexity index is 439. The molecule has 0 amide bonds. The predicted octanol–water partition coefficient (Wildman–Crippen LogP) is 2.41. The largest absolute Gasteiger partial charge is 0.395 e. The zero-order valence-electron chi connectivity index (χ0n) is 12.5. The second-order valence-corrected chi connectivity index (χ2v) is 5.97. The Labute approximate surface area is 129 Å². The van der Waals surface area contributed by atoms with Crippen LogP contribution in [0.15, 0.2) is 30.3 Å². The van der Waals surface area contributed by atoms with Gasteiger partial charge in [0.1, 0.15) is 0 Å². The Hall–Kier alpha value is -1.11. The summed E-state index contributed by atoms with van der Waals surface area (Å²) in [4.78, 5) is 1.92. The summed E-state index contributed by atoms with van der Waals surface area (Å²) in [5.41, 5.74) is 1.12. The fraction of sp³-hybridized carbons (Fsp3) is 0.625. The fourth-order valence-corrected chi connectivity index (χ4v) is 3.11. The van der Waals surface area contributed by atoms with Crippen LogP contribution in [0.4, 0.5) is 13.2 Å². The van der Waals surface area contributed by atoms with E-state index >= 15 is 0 Å². The van der Waals surface area contributed by atoms with Crippen LogP contribution >= 0.6 is 0 Å². The average molecular weight is 316 g/mol. The molecule has 1 fully saturated rings. The number of rotatable bonds is 6. The van der Waals surface area contributed by atoms with Gasteiger partial charge in [-0.2, -0.15) is 13.2 Å². The number of nitrogens with zero attached hydrogens (tertiary/aromatic N) is 1. The van der Waals surface area contributed by atoms with E-state index < -0.39 is 18.5 Å². The van der Waals surface area contributed by atoms with Crippen molar-refractivity contribution in [1.82, 2.24) is 10.2 Å². The number of hydrogen-bond acceptors (Lipinski definition) is 3. The van der Waals surface area contributed by atoms with E-state index in [0.29, 0.717) is 32.6 Å². The van der Waals surface area contributed by atoms with Gasteiger partial charge in [-0.05, 0) is 17.9 Å². The maximum absolute atomic E-state index is 12.6. The van der Waals surface area contributed by atoms with Crippen LogP contribution in [0, 0.1) is 5.92 Å². The molecule has 0 aromatic heterocycles. The van der Waals surface area contributed by atoms with Crippen LogP contribution in [0.1, 0.15) is 18.4 Å². The summed E-state index contributed by atoms with van der Waals surface area (Å²) in [5.74, 6) is -0.409. The zero-order valence-corrected chi connectivity index (χ0v) is 12.5. The second kappa shape index (κ2) is 7.94. The highest BCUT2D eigenvalue weighted by molar-refractivity contribution is 5.14. The minimum Gasteiger partial charge on any atom is -0.395 e. The maximum atomic E-state index is 12.6. The topological polar surface area (TPSA) is 35.5 Å². The summed E-state index contributed by atoms with van der Waals surface area (Å²) in [6.45, 7) is 2.14. The van der Waals surface area contributed by atoms with E-state index in [-0.39, 0.29) is 12.6 Å². The van der Waals surface area contributed by atoms with Crippen molar-refractivity contribution in [2.75, 3.05) is 26.2 Å². The molecule has 0 bridgehead atoms. The number of likely N-dealkylation sites (tertiary alicyclic amines) is 1. The lowest BCUT2D eigenvalue weighted by Gasteiger charge is -2.38. The van der Waals surface area contributed by atoms with Crippen LogP contribution in [0.2, 0.25) is 0 Å². The van der Waals surface area contributed by atoms with Gasteiger partial charge in [0.25, 0.3) is 0 Å². The van der Waals surface area contributed by atoms with Crippen molar-refractivity contribution in [3.05, 3.63) is 35.9 Å². The van der Waals surface area contributed by atoms with Gasteiger partial charge in [0.05, 0.1) is 6.61 Å². The molecule has 22 heavy (non-hydrogen) atoms. The highest BCUT2D eigenvalue weighted by Crippen LogP contribution is 2.30. The first-order valence-corrected chi connectivity index (χ1v) is 7.63. The molecule has 1 heterocycles. The highest BCUT2D eigenvalue weighted by atomic mass is 19.4. The maximum Gasteiger partial charge on any atom is 0.389 e. The monoisotopic (exact) mass is 316 g/mol. The number of alkyl halides is 3. The summed E-state index contributed by atoms with van der Waals surface area (Å²) in [6.07, 6.45) is -4.36. The van der Waals surface area contributed by atoms with Crippen molar-refractivity contribution in [3.8, 4) is 0 Å². The molecule has 124 valence electrons. The molecule has 1 aromatic carbocycles. The molecule has 2 atom stereocenters. The molecule has 0 aliphatic carbocycles. The van der Waals surface area contributed by atoms with Crippen LogP contribution in [0.25, 0.3) is 0 Å². The molecule has 1 aliphatic heterocycles. The number of benzene rings is 1. The second-order valence-electron chi connectivity index (χ2n) is 5.97. The lowest BCUT2D eigenvalue weighted by molar-refractivity contribution is -0.149. The zero-order chi connectivity index (χ0) is 16.0. The van der Waals surface area contributed by atoms with Crippen LogP contribution in [-0.4, -0.2) is 48.5 Å². The average Bonchev–Trinajstić information content (AvgIpc) is 2.44. The van der Waals surface area contributed by atoms with Gasteiger partial charge in [-0.15, -0.1) is 0 Å². The van der Waals surface area contributed by atoms with Crippen molar-refractivity contribution in [3.63, 3.8) is 0 Å². The smallest absolute Gasteiger partial charge is 0.389 e. The van der Waals surface area contributed by atoms with Gasteiger partial charge in [-0.1, -0.05) is 30.3 Å². The number of hydrogen-bond donors (Lipinski definition) is 2. The number of aliphatic hydroxyl groups is 1. The van der Waals surface area contributed by atoms with Gasteiger partial charge in [0.2, 0.25) is 0 Å². The van der Waals surface area contributed by atoms with Gasteiger partial charge < -0.3 is 10.4 Å². The van der Waals surface area contributed by atoms with Gasteiger partial charge >= 0.3 is 6.18 Å². The first kappa shape index (κ1) is 17.2. The number of piperidine rings is 1. The number of nitrogens with one attached hydrogen (secondary N) is 1. The molecule has 6 heteroatoms. The standard InChI is InChI=1S/C16H23F3N2O/c17-16(18,19)9-14-8-15(12-21(11-14)6-7-22)20-10-13-4-2-1-3-5-13/h1-5,14-15,20,22H,6-12H2. The molecule has 2 rings (SSSR count). The van der Waals surface area contributed by atoms with E-state index in [2.05, 4.69) is 5.32 Å². The number of halogens is 3. The Morgan fingerprint density at radius 1 is 1.18 bits per heavy atom. The Kier molecular flexibility index (Phi) is 6.23. The first-order valence-electron chi connectivity index (χ1n) is 7.63. The minimum absolute atomic E-state index is 0.0212. The summed E-state index contributed by atoms with van der Waals surface area (Å²) < 4.78 is 37.9. The lowest BCUT2D eigenvalue weighted by Crippen LogP contribution is -2.50. The summed E-state index contributed by atoms with van der Waals surface area (Å²) in [5, 5.41) is 12.4. The molecular weight excluding hydrogens is 293 g/mol. The van der Waals surface area contributed by atoms with Crippen LogP contribution in [0.3, 0.4) is 0 Å². The third kappa shape index (κ3) is 5.94. The molecule has 3 nitrogen and oxygen atoms in total. The van der Waals surface area contributed by atoms with Crippen LogP contribution < -0.4 is 5.32 Å². The molecule has 2 unspecified atom stereocenters. The van der Waals surface area contributed by atoms with Crippen molar-refractivity contribution < 1.29 is 18.3 Å². The van der Waals surface area contributed by atoms with E-state index in [1.54, 1.807) is 0 Å². The Morgan fingerprint density at radius 3 is 2.55 bits per heavy atom. The van der Waals surface area contributed by atoms with Crippen LogP contribution in [-0.2, 0) is 6.54 Å². The normalized spacial score (nSPS) is 23.6. The van der Waals surface area contributed by atoms with Crippen molar-refractivity contribution in [2.24, 2.45) is 5.92 Å². The van der Waals surface area contributed by atoms with Crippen molar-refractivity contribution in [1.29, 1.82) is 0 Å². The summed E-state index contributed by atoms with van der Waals surface area (Å²) >= 11 is 0. The Morgan fingerprint density at radius 2 is 1.91 bits per heavy atom. The third-order valence-electron chi connectivity index (χ3n) is 3.99.